The molecule has 6 nitrogen and oxygen atoms in total. The first-order valence-corrected chi connectivity index (χ1v) is 12.8. The fourth-order valence-corrected chi connectivity index (χ4v) is 6.18. The van der Waals surface area contributed by atoms with Crippen molar-refractivity contribution in [3.8, 4) is 11.5 Å². The number of nitrogens with one attached hydrogen (secondary N) is 2. The number of likely N-dealkylation sites (tertiary alicyclic amines) is 1. The average Bonchev–Trinajstić information content (AvgIpc) is 3.27. The molecule has 0 spiro atoms. The number of benzene rings is 3. The number of amides is 2. The molecule has 0 aromatic heterocycles. The SMILES string of the molecule is COc1ccc(C23CCC(NC(=O)Nc4cccc(F)c4)CC2N(Cc2ccccc2)CC3)cc1OC. The summed E-state index contributed by atoms with van der Waals surface area (Å²) in [5, 5.41) is 5.93. The van der Waals surface area contributed by atoms with E-state index in [2.05, 4.69) is 51.9 Å². The molecule has 5 rings (SSSR count). The molecule has 2 amide bonds. The van der Waals surface area contributed by atoms with Gasteiger partial charge in [0.25, 0.3) is 0 Å². The van der Waals surface area contributed by atoms with Crippen molar-refractivity contribution in [2.24, 2.45) is 0 Å². The van der Waals surface area contributed by atoms with Gasteiger partial charge in [-0.1, -0.05) is 42.5 Å². The summed E-state index contributed by atoms with van der Waals surface area (Å²) in [6.45, 7) is 1.85. The molecule has 1 saturated carbocycles. The third-order valence-electron chi connectivity index (χ3n) is 7.98. The van der Waals surface area contributed by atoms with Crippen LogP contribution in [0.1, 0.15) is 36.8 Å². The number of ether oxygens (including phenoxy) is 2. The first-order valence-electron chi connectivity index (χ1n) is 12.8. The predicted molar refractivity (Wildman–Crippen MR) is 143 cm³/mol. The van der Waals surface area contributed by atoms with Crippen LogP contribution in [0.15, 0.2) is 72.8 Å². The van der Waals surface area contributed by atoms with Gasteiger partial charge in [-0.3, -0.25) is 4.90 Å². The largest absolute Gasteiger partial charge is 0.493 e. The highest BCUT2D eigenvalue weighted by atomic mass is 19.1. The Hall–Kier alpha value is -3.58. The van der Waals surface area contributed by atoms with Gasteiger partial charge in [-0.2, -0.15) is 0 Å². The van der Waals surface area contributed by atoms with Crippen LogP contribution in [-0.2, 0) is 12.0 Å². The number of fused-ring (bicyclic) bond motifs is 1. The zero-order valence-corrected chi connectivity index (χ0v) is 21.4. The van der Waals surface area contributed by atoms with Gasteiger partial charge in [0, 0.05) is 29.7 Å². The Morgan fingerprint density at radius 3 is 2.57 bits per heavy atom. The van der Waals surface area contributed by atoms with Crippen molar-refractivity contribution in [2.45, 2.75) is 49.7 Å². The molecule has 7 heteroatoms. The molecule has 3 atom stereocenters. The van der Waals surface area contributed by atoms with Crippen LogP contribution in [0.25, 0.3) is 0 Å². The monoisotopic (exact) mass is 503 g/mol. The zero-order valence-electron chi connectivity index (χ0n) is 21.4. The molecule has 1 aliphatic heterocycles. The van der Waals surface area contributed by atoms with Crippen molar-refractivity contribution < 1.29 is 18.7 Å². The molecule has 3 aromatic carbocycles. The molecule has 37 heavy (non-hydrogen) atoms. The molecule has 0 radical (unpaired) electrons. The van der Waals surface area contributed by atoms with Crippen molar-refractivity contribution in [1.82, 2.24) is 10.2 Å². The van der Waals surface area contributed by atoms with E-state index in [1.165, 1.54) is 23.3 Å². The van der Waals surface area contributed by atoms with E-state index in [-0.39, 0.29) is 29.3 Å². The van der Waals surface area contributed by atoms with E-state index in [1.807, 2.05) is 12.1 Å². The summed E-state index contributed by atoms with van der Waals surface area (Å²) >= 11 is 0. The van der Waals surface area contributed by atoms with Crippen molar-refractivity contribution >= 4 is 11.7 Å². The molecular weight excluding hydrogens is 469 g/mol. The molecule has 194 valence electrons. The first-order chi connectivity index (χ1) is 18.0. The lowest BCUT2D eigenvalue weighted by atomic mass is 9.65. The molecule has 3 unspecified atom stereocenters. The Balaban J connectivity index is 1.38. The number of anilines is 1. The van der Waals surface area contributed by atoms with Crippen molar-refractivity contribution in [3.05, 3.63) is 89.7 Å². The fraction of sp³-hybridized carbons (Fsp3) is 0.367. The summed E-state index contributed by atoms with van der Waals surface area (Å²) < 4.78 is 24.7. The van der Waals surface area contributed by atoms with Gasteiger partial charge in [0.15, 0.2) is 11.5 Å². The molecular formula is C30H34FN3O3. The van der Waals surface area contributed by atoms with Crippen LogP contribution in [0.2, 0.25) is 0 Å². The molecule has 3 aromatic rings. The van der Waals surface area contributed by atoms with Gasteiger partial charge in [0.1, 0.15) is 5.82 Å². The number of carbonyl (C=O) groups is 1. The Bertz CT molecular complexity index is 1240. The van der Waals surface area contributed by atoms with Crippen LogP contribution in [0.4, 0.5) is 14.9 Å². The van der Waals surface area contributed by atoms with E-state index in [0.29, 0.717) is 5.69 Å². The van der Waals surface area contributed by atoms with E-state index < -0.39 is 0 Å². The van der Waals surface area contributed by atoms with Gasteiger partial charge in [0.05, 0.1) is 14.2 Å². The van der Waals surface area contributed by atoms with Gasteiger partial charge in [-0.25, -0.2) is 9.18 Å². The van der Waals surface area contributed by atoms with Gasteiger partial charge in [0.2, 0.25) is 0 Å². The van der Waals surface area contributed by atoms with E-state index in [9.17, 15) is 9.18 Å². The number of hydrogen-bond acceptors (Lipinski definition) is 4. The van der Waals surface area contributed by atoms with Gasteiger partial charge in [-0.15, -0.1) is 0 Å². The Morgan fingerprint density at radius 1 is 1.00 bits per heavy atom. The molecule has 2 aliphatic rings. The summed E-state index contributed by atoms with van der Waals surface area (Å²) in [7, 11) is 3.33. The van der Waals surface area contributed by atoms with Gasteiger partial charge >= 0.3 is 6.03 Å². The molecule has 0 bridgehead atoms. The second kappa shape index (κ2) is 10.8. The maximum Gasteiger partial charge on any atom is 0.319 e. The third kappa shape index (κ3) is 5.27. The van der Waals surface area contributed by atoms with Crippen LogP contribution in [0.3, 0.4) is 0 Å². The van der Waals surface area contributed by atoms with Gasteiger partial charge < -0.3 is 20.1 Å². The summed E-state index contributed by atoms with van der Waals surface area (Å²) in [4.78, 5) is 15.3. The lowest BCUT2D eigenvalue weighted by Gasteiger charge is -2.45. The number of urea groups is 1. The Labute approximate surface area is 217 Å². The summed E-state index contributed by atoms with van der Waals surface area (Å²) in [5.41, 5.74) is 2.95. The molecule has 1 saturated heterocycles. The minimum Gasteiger partial charge on any atom is -0.493 e. The summed E-state index contributed by atoms with van der Waals surface area (Å²) in [6.07, 6.45) is 3.68. The van der Waals surface area contributed by atoms with Crippen LogP contribution >= 0.6 is 0 Å². The second-order valence-corrected chi connectivity index (χ2v) is 10.0. The Kier molecular flexibility index (Phi) is 7.33. The van der Waals surface area contributed by atoms with Gasteiger partial charge in [-0.05, 0) is 73.7 Å². The van der Waals surface area contributed by atoms with Crippen LogP contribution in [0, 0.1) is 5.82 Å². The van der Waals surface area contributed by atoms with Crippen LogP contribution in [-0.4, -0.2) is 43.8 Å². The minimum absolute atomic E-state index is 0.0169. The maximum absolute atomic E-state index is 13.6. The van der Waals surface area contributed by atoms with Crippen molar-refractivity contribution in [2.75, 3.05) is 26.1 Å². The smallest absolute Gasteiger partial charge is 0.319 e. The first kappa shape index (κ1) is 25.1. The average molecular weight is 504 g/mol. The van der Waals surface area contributed by atoms with E-state index in [0.717, 1.165) is 50.3 Å². The second-order valence-electron chi connectivity index (χ2n) is 10.0. The molecule has 1 heterocycles. The number of nitrogens with zero attached hydrogens (tertiary/aromatic N) is 1. The molecule has 1 aliphatic carbocycles. The summed E-state index contributed by atoms with van der Waals surface area (Å²) in [6, 6.07) is 22.7. The number of methoxy groups -OCH3 is 2. The predicted octanol–water partition coefficient (Wildman–Crippen LogP) is 5.73. The van der Waals surface area contributed by atoms with Crippen molar-refractivity contribution in [1.29, 1.82) is 0 Å². The minimum atomic E-state index is -0.377. The lowest BCUT2D eigenvalue weighted by Crippen LogP contribution is -2.52. The quantitative estimate of drug-likeness (QED) is 0.432. The highest BCUT2D eigenvalue weighted by molar-refractivity contribution is 5.89. The standard InChI is InChI=1S/C30H34FN3O3/c1-36-26-12-11-22(17-27(26)37-2)30-14-13-25(33-29(35)32-24-10-6-9-23(31)18-24)19-28(30)34(16-15-30)20-21-7-4-3-5-8-21/h3-12,17-18,25,28H,13-16,19-20H2,1-2H3,(H2,32,33,35). The lowest BCUT2D eigenvalue weighted by molar-refractivity contribution is 0.131. The third-order valence-corrected chi connectivity index (χ3v) is 7.98. The van der Waals surface area contributed by atoms with Crippen molar-refractivity contribution in [3.63, 3.8) is 0 Å². The van der Waals surface area contributed by atoms with Crippen LogP contribution < -0.4 is 20.1 Å². The highest BCUT2D eigenvalue weighted by Crippen LogP contribution is 2.50. The fourth-order valence-electron chi connectivity index (χ4n) is 6.18. The molecule has 2 fully saturated rings. The number of hydrogen-bond donors (Lipinski definition) is 2. The van der Waals surface area contributed by atoms with E-state index >= 15 is 0 Å². The maximum atomic E-state index is 13.6. The normalized spacial score (nSPS) is 23.2. The number of carbonyl (C=O) groups excluding carboxylic acids is 1. The zero-order chi connectivity index (χ0) is 25.8. The summed E-state index contributed by atoms with van der Waals surface area (Å²) in [5.74, 6) is 1.09. The topological polar surface area (TPSA) is 62.8 Å². The van der Waals surface area contributed by atoms with E-state index in [4.69, 9.17) is 9.47 Å². The molecule has 2 N–H and O–H groups in total. The van der Waals surface area contributed by atoms with E-state index in [1.54, 1.807) is 26.4 Å². The Morgan fingerprint density at radius 2 is 1.81 bits per heavy atom. The highest BCUT2D eigenvalue weighted by Gasteiger charge is 2.51. The number of rotatable bonds is 7. The number of halogens is 1. The van der Waals surface area contributed by atoms with Crippen LogP contribution in [0.5, 0.6) is 11.5 Å².